The fraction of sp³-hybridized carbons (Fsp3) is 0.250. The molecule has 3 unspecified atom stereocenters. The lowest BCUT2D eigenvalue weighted by Crippen LogP contribution is -2.14. The predicted molar refractivity (Wildman–Crippen MR) is 86.5 cm³/mol. The van der Waals surface area contributed by atoms with Crippen LogP contribution in [-0.2, 0) is 10.0 Å². The zero-order chi connectivity index (χ0) is 15.2. The van der Waals surface area contributed by atoms with E-state index in [-0.39, 0.29) is 12.1 Å². The quantitative estimate of drug-likeness (QED) is 0.773. The zero-order valence-corrected chi connectivity index (χ0v) is 14.2. The molecule has 0 amide bonds. The number of nitrogens with zero attached hydrogens (tertiary/aromatic N) is 1. The second-order valence-corrected chi connectivity index (χ2v) is 8.05. The first-order valence-electron chi connectivity index (χ1n) is 6.77. The van der Waals surface area contributed by atoms with Gasteiger partial charge in [0.15, 0.2) is 0 Å². The van der Waals surface area contributed by atoms with Gasteiger partial charge in [0.05, 0.1) is 10.9 Å². The molecule has 2 aromatic carbocycles. The number of rotatable bonds is 3. The summed E-state index contributed by atoms with van der Waals surface area (Å²) in [4.78, 5) is 0.356. The van der Waals surface area contributed by atoms with Gasteiger partial charge < -0.3 is 0 Å². The first kappa shape index (κ1) is 14.8. The molecule has 1 fully saturated rings. The molecular formula is C16H16BrNO2S. The number of sulfonamides is 1. The molecule has 3 atom stereocenters. The summed E-state index contributed by atoms with van der Waals surface area (Å²) in [7, 11) is -3.43. The molecule has 1 aliphatic rings. The predicted octanol–water partition coefficient (Wildman–Crippen LogP) is 3.89. The van der Waals surface area contributed by atoms with Gasteiger partial charge in [-0.05, 0) is 37.6 Å². The van der Waals surface area contributed by atoms with Gasteiger partial charge in [-0.25, -0.2) is 8.42 Å². The number of halogens is 1. The summed E-state index contributed by atoms with van der Waals surface area (Å²) >= 11 is 3.50. The number of hydrogen-bond donors (Lipinski definition) is 0. The fourth-order valence-corrected chi connectivity index (χ4v) is 4.96. The molecule has 0 radical (unpaired) electrons. The van der Waals surface area contributed by atoms with Crippen molar-refractivity contribution in [3.05, 3.63) is 64.1 Å². The molecule has 2 aromatic rings. The summed E-state index contributed by atoms with van der Waals surface area (Å²) in [6.07, 6.45) is 0. The first-order chi connectivity index (χ1) is 9.93. The van der Waals surface area contributed by atoms with Crippen LogP contribution in [0.1, 0.15) is 24.1 Å². The molecule has 1 heterocycles. The molecule has 0 saturated carbocycles. The molecule has 0 N–H and O–H groups in total. The molecule has 0 bridgehead atoms. The van der Waals surface area contributed by atoms with Crippen LogP contribution in [0.25, 0.3) is 0 Å². The largest absolute Gasteiger partial charge is 0.243 e. The summed E-state index contributed by atoms with van der Waals surface area (Å²) in [5.41, 5.74) is 2.07. The van der Waals surface area contributed by atoms with E-state index in [4.69, 9.17) is 0 Å². The van der Waals surface area contributed by atoms with Crippen LogP contribution in [0.3, 0.4) is 0 Å². The molecule has 110 valence electrons. The second-order valence-electron chi connectivity index (χ2n) is 5.35. The van der Waals surface area contributed by atoms with Gasteiger partial charge in [-0.2, -0.15) is 4.31 Å². The minimum atomic E-state index is -3.43. The lowest BCUT2D eigenvalue weighted by atomic mass is 10.1. The van der Waals surface area contributed by atoms with Crippen LogP contribution in [-0.4, -0.2) is 18.8 Å². The van der Waals surface area contributed by atoms with Gasteiger partial charge >= 0.3 is 0 Å². The van der Waals surface area contributed by atoms with Crippen LogP contribution in [0.4, 0.5) is 0 Å². The monoisotopic (exact) mass is 365 g/mol. The maximum atomic E-state index is 12.7. The minimum Gasteiger partial charge on any atom is -0.207 e. The topological polar surface area (TPSA) is 37.1 Å². The van der Waals surface area contributed by atoms with Crippen molar-refractivity contribution in [1.29, 1.82) is 0 Å². The number of benzene rings is 2. The van der Waals surface area contributed by atoms with Gasteiger partial charge in [-0.3, -0.25) is 0 Å². The van der Waals surface area contributed by atoms with Gasteiger partial charge in [0.1, 0.15) is 0 Å². The van der Waals surface area contributed by atoms with E-state index < -0.39 is 10.0 Å². The van der Waals surface area contributed by atoms with Crippen molar-refractivity contribution in [1.82, 2.24) is 4.31 Å². The summed E-state index contributed by atoms with van der Waals surface area (Å²) in [6, 6.07) is 14.7. The smallest absolute Gasteiger partial charge is 0.207 e. The fourth-order valence-electron chi connectivity index (χ4n) is 2.63. The van der Waals surface area contributed by atoms with Crippen molar-refractivity contribution in [3.63, 3.8) is 0 Å². The Kier molecular flexibility index (Phi) is 3.67. The van der Waals surface area contributed by atoms with Crippen LogP contribution >= 0.6 is 15.9 Å². The van der Waals surface area contributed by atoms with Gasteiger partial charge in [0, 0.05) is 10.5 Å². The van der Waals surface area contributed by atoms with Gasteiger partial charge in [-0.15, -0.1) is 0 Å². The van der Waals surface area contributed by atoms with E-state index in [0.29, 0.717) is 4.90 Å². The zero-order valence-electron chi connectivity index (χ0n) is 11.8. The molecular weight excluding hydrogens is 350 g/mol. The Balaban J connectivity index is 1.95. The third-order valence-electron chi connectivity index (χ3n) is 3.86. The molecule has 0 spiro atoms. The Bertz CT molecular complexity index is 771. The molecule has 0 aliphatic carbocycles. The minimum absolute atomic E-state index is 0.0185. The SMILES string of the molecule is Cc1ccc(S(=O)(=O)N2C(C)C2c2ccccc2Br)cc1. The molecule has 3 nitrogen and oxygen atoms in total. The Morgan fingerprint density at radius 1 is 1.05 bits per heavy atom. The van der Waals surface area contributed by atoms with E-state index >= 15 is 0 Å². The molecule has 3 rings (SSSR count). The highest BCUT2D eigenvalue weighted by atomic mass is 79.9. The van der Waals surface area contributed by atoms with Crippen molar-refractivity contribution < 1.29 is 8.42 Å². The first-order valence-corrected chi connectivity index (χ1v) is 9.01. The second kappa shape index (κ2) is 5.23. The Morgan fingerprint density at radius 3 is 2.29 bits per heavy atom. The van der Waals surface area contributed by atoms with E-state index in [1.807, 2.05) is 50.2 Å². The Labute approximate surface area is 133 Å². The summed E-state index contributed by atoms with van der Waals surface area (Å²) in [5, 5.41) is 0. The van der Waals surface area contributed by atoms with E-state index in [9.17, 15) is 8.42 Å². The molecule has 1 saturated heterocycles. The average molecular weight is 366 g/mol. The maximum absolute atomic E-state index is 12.7. The lowest BCUT2D eigenvalue weighted by molar-refractivity contribution is 0.548. The van der Waals surface area contributed by atoms with Crippen LogP contribution in [0.15, 0.2) is 57.9 Å². The van der Waals surface area contributed by atoms with E-state index in [2.05, 4.69) is 15.9 Å². The van der Waals surface area contributed by atoms with E-state index in [0.717, 1.165) is 15.6 Å². The van der Waals surface area contributed by atoms with Gasteiger partial charge in [0.25, 0.3) is 0 Å². The average Bonchev–Trinajstić information content (AvgIpc) is 3.12. The summed E-state index contributed by atoms with van der Waals surface area (Å²) in [6.45, 7) is 3.89. The van der Waals surface area contributed by atoms with Crippen LogP contribution in [0.5, 0.6) is 0 Å². The van der Waals surface area contributed by atoms with Gasteiger partial charge in [-0.1, -0.05) is 51.8 Å². The highest BCUT2D eigenvalue weighted by Gasteiger charge is 2.53. The van der Waals surface area contributed by atoms with Crippen molar-refractivity contribution >= 4 is 26.0 Å². The number of hydrogen-bond acceptors (Lipinski definition) is 2. The molecule has 0 aromatic heterocycles. The summed E-state index contributed by atoms with van der Waals surface area (Å²) in [5.74, 6) is 0. The molecule has 21 heavy (non-hydrogen) atoms. The maximum Gasteiger partial charge on any atom is 0.243 e. The van der Waals surface area contributed by atoms with E-state index in [1.165, 1.54) is 0 Å². The van der Waals surface area contributed by atoms with Crippen LogP contribution in [0.2, 0.25) is 0 Å². The van der Waals surface area contributed by atoms with E-state index in [1.54, 1.807) is 16.4 Å². The molecule has 5 heteroatoms. The lowest BCUT2D eigenvalue weighted by Gasteiger charge is -2.08. The normalized spacial score (nSPS) is 24.8. The Hall–Kier alpha value is -1.17. The highest BCUT2D eigenvalue weighted by molar-refractivity contribution is 9.10. The third-order valence-corrected chi connectivity index (χ3v) is 6.57. The highest BCUT2D eigenvalue weighted by Crippen LogP contribution is 2.49. The van der Waals surface area contributed by atoms with Crippen LogP contribution in [0, 0.1) is 6.92 Å². The van der Waals surface area contributed by atoms with Crippen molar-refractivity contribution in [2.24, 2.45) is 0 Å². The Morgan fingerprint density at radius 2 is 1.67 bits per heavy atom. The van der Waals surface area contributed by atoms with Crippen molar-refractivity contribution in [2.75, 3.05) is 0 Å². The third kappa shape index (κ3) is 2.54. The standard InChI is InChI=1S/C16H16BrNO2S/c1-11-7-9-13(10-8-11)21(19,20)18-12(2)16(18)14-5-3-4-6-15(14)17/h3-10,12,16H,1-2H3. The van der Waals surface area contributed by atoms with Crippen LogP contribution < -0.4 is 0 Å². The summed E-state index contributed by atoms with van der Waals surface area (Å²) < 4.78 is 28.0. The molecule has 1 aliphatic heterocycles. The number of aryl methyl sites for hydroxylation is 1. The van der Waals surface area contributed by atoms with Crippen molar-refractivity contribution in [2.45, 2.75) is 30.8 Å². The van der Waals surface area contributed by atoms with Crippen molar-refractivity contribution in [3.8, 4) is 0 Å². The van der Waals surface area contributed by atoms with Gasteiger partial charge in [0.2, 0.25) is 10.0 Å².